The maximum atomic E-state index is 14.5. The summed E-state index contributed by atoms with van der Waals surface area (Å²) >= 11 is 0. The molecule has 0 aliphatic heterocycles. The van der Waals surface area contributed by atoms with Gasteiger partial charge in [-0.25, -0.2) is 4.39 Å². The number of halogens is 1. The van der Waals surface area contributed by atoms with Crippen molar-refractivity contribution in [3.8, 4) is 28.5 Å². The van der Waals surface area contributed by atoms with Gasteiger partial charge in [-0.15, -0.1) is 0 Å². The van der Waals surface area contributed by atoms with Gasteiger partial charge in [0, 0.05) is 24.1 Å². The van der Waals surface area contributed by atoms with E-state index in [9.17, 15) is 9.18 Å². The number of nitrogens with zero attached hydrogens (tertiary/aromatic N) is 4. The van der Waals surface area contributed by atoms with Crippen molar-refractivity contribution in [2.24, 2.45) is 0 Å². The van der Waals surface area contributed by atoms with E-state index < -0.39 is 17.8 Å². The van der Waals surface area contributed by atoms with E-state index in [1.165, 1.54) is 12.1 Å². The molecule has 38 heavy (non-hydrogen) atoms. The van der Waals surface area contributed by atoms with Crippen molar-refractivity contribution in [1.29, 1.82) is 0 Å². The van der Waals surface area contributed by atoms with E-state index in [0.29, 0.717) is 42.4 Å². The van der Waals surface area contributed by atoms with Crippen LogP contribution in [0.5, 0.6) is 5.75 Å². The smallest absolute Gasteiger partial charge is 0.290 e. The molecule has 2 aromatic carbocycles. The highest BCUT2D eigenvalue weighted by molar-refractivity contribution is 5.94. The second-order valence-corrected chi connectivity index (χ2v) is 7.92. The van der Waals surface area contributed by atoms with Crippen molar-refractivity contribution >= 4 is 12.4 Å². The summed E-state index contributed by atoms with van der Waals surface area (Å²) in [5.41, 5.74) is 1.17. The lowest BCUT2D eigenvalue weighted by atomic mass is 10.1. The summed E-state index contributed by atoms with van der Waals surface area (Å²) in [5, 5.41) is 17.5. The number of amides is 1. The quantitative estimate of drug-likeness (QED) is 0.274. The Labute approximate surface area is 218 Å². The number of aryl methyl sites for hydroxylation is 1. The molecule has 0 spiro atoms. The van der Waals surface area contributed by atoms with Crippen LogP contribution in [0.4, 0.5) is 4.39 Å². The predicted octanol–water partition coefficient (Wildman–Crippen LogP) is 4.86. The number of nitrogens with one attached hydrogen (secondary N) is 1. The van der Waals surface area contributed by atoms with E-state index in [1.807, 2.05) is 32.9 Å². The Kier molecular flexibility index (Phi) is 10.0. The molecule has 1 unspecified atom stereocenters. The van der Waals surface area contributed by atoms with Crippen LogP contribution in [0.25, 0.3) is 22.8 Å². The van der Waals surface area contributed by atoms with Crippen LogP contribution in [0.3, 0.4) is 0 Å². The highest BCUT2D eigenvalue weighted by Gasteiger charge is 2.21. The summed E-state index contributed by atoms with van der Waals surface area (Å²) in [4.78, 5) is 29.1. The molecule has 0 aliphatic carbocycles. The van der Waals surface area contributed by atoms with Gasteiger partial charge in [-0.05, 0) is 49.2 Å². The van der Waals surface area contributed by atoms with Gasteiger partial charge in [0.05, 0.1) is 5.56 Å². The second kappa shape index (κ2) is 13.6. The summed E-state index contributed by atoms with van der Waals surface area (Å²) < 4.78 is 31.1. The maximum absolute atomic E-state index is 14.5. The fourth-order valence-corrected chi connectivity index (χ4v) is 3.33. The van der Waals surface area contributed by atoms with Crippen molar-refractivity contribution in [2.45, 2.75) is 46.1 Å². The zero-order valence-corrected chi connectivity index (χ0v) is 21.2. The molecule has 4 aromatic rings. The lowest BCUT2D eigenvalue weighted by Crippen LogP contribution is -2.24. The SMILES string of the molecule is CCCNC(=O)c1ccc(-c2noc(C(CC)Oc3ccc(-c4noc(CC)n4)cc3)n2)cc1F.O=CO. The molecule has 11 nitrogen and oxygen atoms in total. The van der Waals surface area contributed by atoms with E-state index >= 15 is 0 Å². The minimum absolute atomic E-state index is 0.0316. The molecule has 2 aromatic heterocycles. The first kappa shape index (κ1) is 28.0. The summed E-state index contributed by atoms with van der Waals surface area (Å²) in [6, 6.07) is 11.5. The molecule has 12 heteroatoms. The lowest BCUT2D eigenvalue weighted by Gasteiger charge is -2.13. The van der Waals surface area contributed by atoms with Gasteiger partial charge in [-0.3, -0.25) is 9.59 Å². The van der Waals surface area contributed by atoms with Crippen molar-refractivity contribution in [3.05, 3.63) is 65.6 Å². The van der Waals surface area contributed by atoms with E-state index in [1.54, 1.807) is 18.2 Å². The third-order valence-electron chi connectivity index (χ3n) is 5.26. The van der Waals surface area contributed by atoms with Gasteiger partial charge in [0.1, 0.15) is 11.6 Å². The number of benzene rings is 2. The highest BCUT2D eigenvalue weighted by Crippen LogP contribution is 2.28. The zero-order valence-electron chi connectivity index (χ0n) is 21.2. The Morgan fingerprint density at radius 2 is 1.71 bits per heavy atom. The number of hydrogen-bond acceptors (Lipinski definition) is 9. The van der Waals surface area contributed by atoms with Crippen LogP contribution in [0.2, 0.25) is 0 Å². The molecule has 2 N–H and O–H groups in total. The Bertz CT molecular complexity index is 1340. The first-order valence-corrected chi connectivity index (χ1v) is 12.0. The molecule has 0 bridgehead atoms. The summed E-state index contributed by atoms with van der Waals surface area (Å²) in [6.45, 7) is 6.03. The molecular formula is C26H28FN5O6. The molecule has 0 saturated heterocycles. The van der Waals surface area contributed by atoms with Crippen LogP contribution in [-0.4, -0.2) is 44.3 Å². The molecule has 200 valence electrons. The Morgan fingerprint density at radius 3 is 2.32 bits per heavy atom. The van der Waals surface area contributed by atoms with Crippen LogP contribution >= 0.6 is 0 Å². The maximum Gasteiger partial charge on any atom is 0.290 e. The zero-order chi connectivity index (χ0) is 27.5. The van der Waals surface area contributed by atoms with Gasteiger partial charge in [-0.1, -0.05) is 37.2 Å². The second-order valence-electron chi connectivity index (χ2n) is 7.92. The van der Waals surface area contributed by atoms with Crippen LogP contribution in [0.15, 0.2) is 51.5 Å². The van der Waals surface area contributed by atoms with Gasteiger partial charge < -0.3 is 24.2 Å². The van der Waals surface area contributed by atoms with E-state index in [0.717, 1.165) is 12.0 Å². The molecule has 0 saturated carbocycles. The van der Waals surface area contributed by atoms with Crippen molar-refractivity contribution in [1.82, 2.24) is 25.6 Å². The molecule has 0 radical (unpaired) electrons. The number of rotatable bonds is 10. The lowest BCUT2D eigenvalue weighted by molar-refractivity contribution is -0.122. The number of carbonyl (C=O) groups is 2. The average Bonchev–Trinajstić information content (AvgIpc) is 3.61. The molecule has 1 atom stereocenters. The number of hydrogen-bond donors (Lipinski definition) is 2. The van der Waals surface area contributed by atoms with Gasteiger partial charge in [0.2, 0.25) is 17.5 Å². The average molecular weight is 526 g/mol. The van der Waals surface area contributed by atoms with E-state index in [2.05, 4.69) is 25.6 Å². The summed E-state index contributed by atoms with van der Waals surface area (Å²) in [6.07, 6.45) is 1.51. The number of carbonyl (C=O) groups excluding carboxylic acids is 1. The van der Waals surface area contributed by atoms with Crippen LogP contribution in [0, 0.1) is 5.82 Å². The molecular weight excluding hydrogens is 497 g/mol. The standard InChI is InChI=1S/C25H26FN5O4.CH2O2/c1-4-13-27-24(32)18-12-9-16(14-19(18)26)23-29-25(35-31-23)20(5-2)33-17-10-7-15(8-11-17)22-28-21(6-3)34-30-22;2-1-3/h7-12,14,20H,4-6,13H2,1-3H3,(H,27,32);1H,(H,2,3). The van der Waals surface area contributed by atoms with Crippen molar-refractivity contribution < 1.29 is 32.9 Å². The molecule has 0 aliphatic rings. The topological polar surface area (TPSA) is 153 Å². The molecule has 0 fully saturated rings. The normalized spacial score (nSPS) is 11.3. The highest BCUT2D eigenvalue weighted by atomic mass is 19.1. The third kappa shape index (κ3) is 6.99. The van der Waals surface area contributed by atoms with Gasteiger partial charge >= 0.3 is 0 Å². The van der Waals surface area contributed by atoms with Crippen molar-refractivity contribution in [3.63, 3.8) is 0 Å². The molecule has 4 rings (SSSR count). The summed E-state index contributed by atoms with van der Waals surface area (Å²) in [7, 11) is 0. The minimum Gasteiger partial charge on any atom is -0.483 e. The summed E-state index contributed by atoms with van der Waals surface area (Å²) in [5.74, 6) is 1.06. The van der Waals surface area contributed by atoms with Gasteiger partial charge in [-0.2, -0.15) is 9.97 Å². The van der Waals surface area contributed by atoms with Crippen LogP contribution < -0.4 is 10.1 Å². The fraction of sp³-hybridized carbons (Fsp3) is 0.308. The van der Waals surface area contributed by atoms with Gasteiger partial charge in [0.25, 0.3) is 18.3 Å². The number of ether oxygens (including phenoxy) is 1. The largest absolute Gasteiger partial charge is 0.483 e. The monoisotopic (exact) mass is 525 g/mol. The molecule has 2 heterocycles. The fourth-order valence-electron chi connectivity index (χ4n) is 3.33. The Morgan fingerprint density at radius 1 is 1.05 bits per heavy atom. The predicted molar refractivity (Wildman–Crippen MR) is 134 cm³/mol. The first-order valence-electron chi connectivity index (χ1n) is 12.0. The van der Waals surface area contributed by atoms with Crippen molar-refractivity contribution in [2.75, 3.05) is 6.54 Å². The van der Waals surface area contributed by atoms with E-state index in [4.69, 9.17) is 23.7 Å². The minimum atomic E-state index is -0.654. The number of carboxylic acid groups (broad SMARTS) is 1. The molecule has 1 amide bonds. The first-order chi connectivity index (χ1) is 18.4. The Balaban J connectivity index is 0.00000127. The Hall–Kier alpha value is -4.61. The van der Waals surface area contributed by atoms with E-state index in [-0.39, 0.29) is 23.8 Å². The van der Waals surface area contributed by atoms with Crippen LogP contribution in [-0.2, 0) is 11.2 Å². The number of aromatic nitrogens is 4. The third-order valence-corrected chi connectivity index (χ3v) is 5.26. The van der Waals surface area contributed by atoms with Gasteiger partial charge in [0.15, 0.2) is 6.10 Å². The van der Waals surface area contributed by atoms with Crippen LogP contribution in [0.1, 0.15) is 61.9 Å².